The SMILES string of the molecule is c1ccc(Oc2ccc3c(c2)Oc2cc(Oc4ccccc4)cc4c2B3c2ccc(Oc3ccccc3)cc2O4)cc1. The highest BCUT2D eigenvalue weighted by Gasteiger charge is 2.41. The van der Waals surface area contributed by atoms with Gasteiger partial charge >= 0.3 is 0 Å². The molecule has 0 unspecified atom stereocenters. The van der Waals surface area contributed by atoms with Crippen molar-refractivity contribution in [3.05, 3.63) is 140 Å². The van der Waals surface area contributed by atoms with Crippen LogP contribution in [-0.2, 0) is 0 Å². The van der Waals surface area contributed by atoms with Crippen LogP contribution in [0.25, 0.3) is 0 Å². The molecule has 0 saturated carbocycles. The van der Waals surface area contributed by atoms with E-state index in [4.69, 9.17) is 23.7 Å². The summed E-state index contributed by atoms with van der Waals surface area (Å²) in [5, 5.41) is 0. The van der Waals surface area contributed by atoms with Gasteiger partial charge in [0.05, 0.1) is 0 Å². The van der Waals surface area contributed by atoms with Crippen LogP contribution in [0.15, 0.2) is 140 Å². The molecule has 0 bridgehead atoms. The van der Waals surface area contributed by atoms with Crippen LogP contribution in [0.1, 0.15) is 0 Å². The second-order valence-corrected chi connectivity index (χ2v) is 10.1. The van der Waals surface area contributed by atoms with Crippen LogP contribution >= 0.6 is 0 Å². The summed E-state index contributed by atoms with van der Waals surface area (Å²) in [4.78, 5) is 0. The fraction of sp³-hybridized carbons (Fsp3) is 0. The zero-order valence-corrected chi connectivity index (χ0v) is 22.4. The van der Waals surface area contributed by atoms with Gasteiger partial charge < -0.3 is 23.7 Å². The number of hydrogen-bond donors (Lipinski definition) is 0. The number of ether oxygens (including phenoxy) is 5. The van der Waals surface area contributed by atoms with Crippen molar-refractivity contribution in [1.29, 1.82) is 0 Å². The summed E-state index contributed by atoms with van der Waals surface area (Å²) in [6.07, 6.45) is 0. The van der Waals surface area contributed by atoms with Gasteiger partial charge in [0.15, 0.2) is 0 Å². The molecule has 0 amide bonds. The van der Waals surface area contributed by atoms with Gasteiger partial charge in [-0.3, -0.25) is 0 Å². The zero-order valence-electron chi connectivity index (χ0n) is 22.4. The van der Waals surface area contributed by atoms with Crippen molar-refractivity contribution in [2.75, 3.05) is 0 Å². The number of para-hydroxylation sites is 3. The molecule has 0 saturated heterocycles. The van der Waals surface area contributed by atoms with E-state index >= 15 is 0 Å². The molecule has 0 aromatic heterocycles. The predicted octanol–water partition coefficient (Wildman–Crippen LogP) is 7.79. The Bertz CT molecular complexity index is 1790. The van der Waals surface area contributed by atoms with Gasteiger partial charge in [-0.05, 0) is 59.5 Å². The average molecular weight is 546 g/mol. The molecule has 0 N–H and O–H groups in total. The fourth-order valence-electron chi connectivity index (χ4n) is 5.49. The molecule has 6 aromatic rings. The first-order valence-electron chi connectivity index (χ1n) is 13.8. The standard InChI is InChI=1S/C36H23BO5/c1-4-10-24(11-5-1)38-27-16-18-30-32(20-27)41-34-22-29(40-26-14-8-3-9-15-26)23-35-36(34)37(30)31-19-17-28(21-33(31)42-35)39-25-12-6-2-7-13-25/h1-23H. The molecule has 42 heavy (non-hydrogen) atoms. The minimum absolute atomic E-state index is 0.107. The highest BCUT2D eigenvalue weighted by atomic mass is 16.5. The molecule has 5 nitrogen and oxygen atoms in total. The van der Waals surface area contributed by atoms with Crippen molar-refractivity contribution in [1.82, 2.24) is 0 Å². The maximum Gasteiger partial charge on any atom is 0.260 e. The molecule has 0 fully saturated rings. The van der Waals surface area contributed by atoms with Gasteiger partial charge in [0.25, 0.3) is 6.71 Å². The van der Waals surface area contributed by atoms with E-state index in [1.54, 1.807) is 0 Å². The van der Waals surface area contributed by atoms with E-state index in [0.717, 1.165) is 45.1 Å². The maximum atomic E-state index is 6.53. The smallest absolute Gasteiger partial charge is 0.260 e. The van der Waals surface area contributed by atoms with E-state index in [9.17, 15) is 0 Å². The van der Waals surface area contributed by atoms with Gasteiger partial charge in [-0.15, -0.1) is 0 Å². The van der Waals surface area contributed by atoms with Crippen LogP contribution in [0.5, 0.6) is 57.5 Å². The molecule has 8 rings (SSSR count). The van der Waals surface area contributed by atoms with Crippen LogP contribution < -0.4 is 40.1 Å². The Morgan fingerprint density at radius 1 is 0.357 bits per heavy atom. The molecular formula is C36H23BO5. The summed E-state index contributed by atoms with van der Waals surface area (Å²) < 4.78 is 31.6. The summed E-state index contributed by atoms with van der Waals surface area (Å²) in [6, 6.07) is 45.0. The predicted molar refractivity (Wildman–Crippen MR) is 164 cm³/mol. The van der Waals surface area contributed by atoms with Crippen LogP contribution in [0, 0.1) is 0 Å². The molecule has 6 heteroatoms. The Morgan fingerprint density at radius 2 is 0.738 bits per heavy atom. The summed E-state index contributed by atoms with van der Waals surface area (Å²) in [6.45, 7) is -0.107. The highest BCUT2D eigenvalue weighted by molar-refractivity contribution is 6.98. The van der Waals surface area contributed by atoms with Gasteiger partial charge in [0.2, 0.25) is 0 Å². The molecule has 2 aliphatic rings. The first-order chi connectivity index (χ1) is 20.8. The van der Waals surface area contributed by atoms with Crippen molar-refractivity contribution in [2.24, 2.45) is 0 Å². The van der Waals surface area contributed by atoms with E-state index in [1.165, 1.54) is 0 Å². The molecule has 0 aliphatic carbocycles. The average Bonchev–Trinajstić information content (AvgIpc) is 3.02. The normalized spacial score (nSPS) is 12.1. The van der Waals surface area contributed by atoms with E-state index < -0.39 is 0 Å². The molecule has 0 radical (unpaired) electrons. The van der Waals surface area contributed by atoms with Crippen LogP contribution in [0.3, 0.4) is 0 Å². The molecule has 6 aromatic carbocycles. The van der Waals surface area contributed by atoms with Crippen LogP contribution in [0.2, 0.25) is 0 Å². The van der Waals surface area contributed by atoms with Crippen molar-refractivity contribution in [3.8, 4) is 57.5 Å². The lowest BCUT2D eigenvalue weighted by Gasteiger charge is -2.33. The van der Waals surface area contributed by atoms with Gasteiger partial charge in [-0.1, -0.05) is 66.7 Å². The van der Waals surface area contributed by atoms with Crippen molar-refractivity contribution < 1.29 is 23.7 Å². The number of benzene rings is 6. The summed E-state index contributed by atoms with van der Waals surface area (Å²) in [5.41, 5.74) is 3.02. The first-order valence-corrected chi connectivity index (χ1v) is 13.8. The van der Waals surface area contributed by atoms with E-state index in [-0.39, 0.29) is 6.71 Å². The lowest BCUT2D eigenvalue weighted by molar-refractivity contribution is 0.436. The number of fused-ring (bicyclic) bond motifs is 4. The summed E-state index contributed by atoms with van der Waals surface area (Å²) in [7, 11) is 0. The van der Waals surface area contributed by atoms with Gasteiger partial charge in [-0.2, -0.15) is 0 Å². The van der Waals surface area contributed by atoms with E-state index in [0.29, 0.717) is 28.7 Å². The monoisotopic (exact) mass is 546 g/mol. The maximum absolute atomic E-state index is 6.53. The third-order valence-corrected chi connectivity index (χ3v) is 7.33. The lowest BCUT2D eigenvalue weighted by atomic mass is 9.35. The second-order valence-electron chi connectivity index (χ2n) is 10.1. The van der Waals surface area contributed by atoms with Crippen molar-refractivity contribution in [2.45, 2.75) is 0 Å². The van der Waals surface area contributed by atoms with E-state index in [1.807, 2.05) is 127 Å². The van der Waals surface area contributed by atoms with Crippen LogP contribution in [0.4, 0.5) is 0 Å². The van der Waals surface area contributed by atoms with Crippen molar-refractivity contribution >= 4 is 23.1 Å². The van der Waals surface area contributed by atoms with Crippen LogP contribution in [-0.4, -0.2) is 6.71 Å². The first kappa shape index (κ1) is 24.2. The number of hydrogen-bond acceptors (Lipinski definition) is 5. The second kappa shape index (κ2) is 10.1. The molecule has 200 valence electrons. The van der Waals surface area contributed by atoms with E-state index in [2.05, 4.69) is 12.1 Å². The Hall–Kier alpha value is -5.62. The lowest BCUT2D eigenvalue weighted by Crippen LogP contribution is -2.57. The Labute approximate surface area is 243 Å². The third-order valence-electron chi connectivity index (χ3n) is 7.33. The van der Waals surface area contributed by atoms with Crippen molar-refractivity contribution in [3.63, 3.8) is 0 Å². The minimum atomic E-state index is -0.107. The number of rotatable bonds is 6. The third kappa shape index (κ3) is 4.49. The Kier molecular flexibility index (Phi) is 5.82. The van der Waals surface area contributed by atoms with Gasteiger partial charge in [-0.25, -0.2) is 0 Å². The minimum Gasteiger partial charge on any atom is -0.458 e. The Morgan fingerprint density at radius 3 is 1.17 bits per heavy atom. The molecular weight excluding hydrogens is 523 g/mol. The largest absolute Gasteiger partial charge is 0.458 e. The molecule has 2 heterocycles. The molecule has 0 spiro atoms. The summed E-state index contributed by atoms with van der Waals surface area (Å²) >= 11 is 0. The topological polar surface area (TPSA) is 46.2 Å². The highest BCUT2D eigenvalue weighted by Crippen LogP contribution is 2.40. The fourth-order valence-corrected chi connectivity index (χ4v) is 5.49. The van der Waals surface area contributed by atoms with Gasteiger partial charge in [0, 0.05) is 29.7 Å². The molecule has 2 aliphatic heterocycles. The van der Waals surface area contributed by atoms with Gasteiger partial charge in [0.1, 0.15) is 57.5 Å². The zero-order chi connectivity index (χ0) is 27.9. The molecule has 0 atom stereocenters. The Balaban J connectivity index is 1.22. The summed E-state index contributed by atoms with van der Waals surface area (Å²) in [5.74, 6) is 7.07. The quantitative estimate of drug-likeness (QED) is 0.199.